The largest absolute Gasteiger partial charge is 0.310 e. The molecule has 1 heteroatoms. The third kappa shape index (κ3) is 4.90. The normalized spacial score (nSPS) is 26.0. The van der Waals surface area contributed by atoms with Crippen molar-refractivity contribution in [2.45, 2.75) is 88.9 Å². The number of hydrogen-bond acceptors (Lipinski definition) is 1. The third-order valence-electron chi connectivity index (χ3n) is 15.3. The minimum absolute atomic E-state index is 0.0443. The molecule has 0 amide bonds. The first-order valence-corrected chi connectivity index (χ1v) is 21.2. The molecule has 274 valence electrons. The lowest BCUT2D eigenvalue weighted by Crippen LogP contribution is -2.55. The number of rotatable bonds is 5. The second-order valence-electron chi connectivity index (χ2n) is 19.2. The first-order chi connectivity index (χ1) is 26.7. The standard InChI is InChI=1S/C54H53N/c1-52(2)27-28-53(3,4)51-47(52)18-12-20-49(51)55(43-24-21-39(22-25-43)37-13-7-5-8-14-37)48-19-11-17-46-50(48)44-34-40(38-15-9-6-10-16-38)23-26-45(44)54(46)41-30-35-29-36(32-41)33-42(54)31-35/h5-26,34-36,41-42H,27-33H2,1-4H3. The van der Waals surface area contributed by atoms with Gasteiger partial charge in [0.05, 0.1) is 11.4 Å². The van der Waals surface area contributed by atoms with Crippen molar-refractivity contribution in [3.05, 3.63) is 162 Å². The van der Waals surface area contributed by atoms with E-state index < -0.39 is 0 Å². The van der Waals surface area contributed by atoms with E-state index in [0.717, 1.165) is 11.8 Å². The molecule has 4 saturated carbocycles. The molecule has 0 aromatic heterocycles. The maximum atomic E-state index is 2.68. The van der Waals surface area contributed by atoms with Crippen molar-refractivity contribution < 1.29 is 0 Å². The summed E-state index contributed by atoms with van der Waals surface area (Å²) in [4.78, 5) is 2.68. The van der Waals surface area contributed by atoms with Crippen LogP contribution in [0.1, 0.15) is 94.9 Å². The minimum Gasteiger partial charge on any atom is -0.310 e. The Balaban J connectivity index is 1.19. The molecule has 0 radical (unpaired) electrons. The van der Waals surface area contributed by atoms with E-state index in [0.29, 0.717) is 11.8 Å². The van der Waals surface area contributed by atoms with Crippen LogP contribution >= 0.6 is 0 Å². The SMILES string of the molecule is CC1(C)CCC(C)(C)c2c(N(c3ccc(-c4ccccc4)cc3)c3cccc4c3-c3cc(-c5ccccc5)ccc3C43C4CC5CC(C4)CC3C5)cccc21. The molecule has 12 rings (SSSR count). The van der Waals surface area contributed by atoms with Gasteiger partial charge in [0.15, 0.2) is 0 Å². The van der Waals surface area contributed by atoms with Crippen LogP contribution in [0.15, 0.2) is 140 Å². The van der Waals surface area contributed by atoms with Gasteiger partial charge in [0, 0.05) is 16.7 Å². The van der Waals surface area contributed by atoms with E-state index in [1.165, 1.54) is 107 Å². The van der Waals surface area contributed by atoms with Crippen molar-refractivity contribution in [2.24, 2.45) is 23.7 Å². The van der Waals surface area contributed by atoms with E-state index in [9.17, 15) is 0 Å². The fraction of sp³-hybridized carbons (Fsp3) is 0.333. The summed E-state index contributed by atoms with van der Waals surface area (Å²) < 4.78 is 0. The van der Waals surface area contributed by atoms with Gasteiger partial charge in [-0.15, -0.1) is 0 Å². The van der Waals surface area contributed by atoms with Crippen molar-refractivity contribution in [1.29, 1.82) is 0 Å². The smallest absolute Gasteiger partial charge is 0.0543 e. The van der Waals surface area contributed by atoms with E-state index in [4.69, 9.17) is 0 Å². The van der Waals surface area contributed by atoms with E-state index in [2.05, 4.69) is 172 Å². The zero-order chi connectivity index (χ0) is 37.1. The maximum absolute atomic E-state index is 2.68. The summed E-state index contributed by atoms with van der Waals surface area (Å²) in [7, 11) is 0. The van der Waals surface area contributed by atoms with Crippen LogP contribution in [0.4, 0.5) is 17.1 Å². The Morgan fingerprint density at radius 2 is 1.00 bits per heavy atom. The topological polar surface area (TPSA) is 3.24 Å². The molecule has 6 aromatic carbocycles. The Hall–Kier alpha value is -4.88. The highest BCUT2D eigenvalue weighted by molar-refractivity contribution is 5.97. The van der Waals surface area contributed by atoms with Gasteiger partial charge in [-0.25, -0.2) is 0 Å². The van der Waals surface area contributed by atoms with Gasteiger partial charge in [-0.1, -0.05) is 137 Å². The molecule has 6 aliphatic rings. The lowest BCUT2D eigenvalue weighted by Gasteiger charge is -2.61. The first kappa shape index (κ1) is 33.5. The van der Waals surface area contributed by atoms with Crippen molar-refractivity contribution >= 4 is 17.1 Å². The van der Waals surface area contributed by atoms with Gasteiger partial charge in [-0.3, -0.25) is 0 Å². The number of hydrogen-bond donors (Lipinski definition) is 0. The van der Waals surface area contributed by atoms with E-state index >= 15 is 0 Å². The van der Waals surface area contributed by atoms with Gasteiger partial charge in [0.1, 0.15) is 0 Å². The molecule has 0 N–H and O–H groups in total. The van der Waals surface area contributed by atoms with Crippen LogP contribution in [0.25, 0.3) is 33.4 Å². The van der Waals surface area contributed by atoms with Crippen molar-refractivity contribution in [2.75, 3.05) is 4.90 Å². The lowest BCUT2D eigenvalue weighted by molar-refractivity contribution is -0.0399. The highest BCUT2D eigenvalue weighted by atomic mass is 15.1. The Bertz CT molecular complexity index is 2400. The highest BCUT2D eigenvalue weighted by Crippen LogP contribution is 2.70. The summed E-state index contributed by atoms with van der Waals surface area (Å²) in [6.45, 7) is 9.90. The predicted octanol–water partition coefficient (Wildman–Crippen LogP) is 14.6. The van der Waals surface area contributed by atoms with Gasteiger partial charge < -0.3 is 4.90 Å². The summed E-state index contributed by atoms with van der Waals surface area (Å²) in [6, 6.07) is 53.6. The van der Waals surface area contributed by atoms with Gasteiger partial charge in [-0.2, -0.15) is 0 Å². The summed E-state index contributed by atoms with van der Waals surface area (Å²) in [5.74, 6) is 3.25. The van der Waals surface area contributed by atoms with Crippen molar-refractivity contribution in [1.82, 2.24) is 0 Å². The third-order valence-corrected chi connectivity index (χ3v) is 15.3. The van der Waals surface area contributed by atoms with Crippen LogP contribution in [-0.2, 0) is 16.2 Å². The molecule has 0 saturated heterocycles. The highest BCUT2D eigenvalue weighted by Gasteiger charge is 2.62. The Morgan fingerprint density at radius 3 is 1.65 bits per heavy atom. The molecule has 1 nitrogen and oxygen atoms in total. The molecule has 0 unspecified atom stereocenters. The zero-order valence-corrected chi connectivity index (χ0v) is 33.0. The molecule has 55 heavy (non-hydrogen) atoms. The molecule has 4 bridgehead atoms. The van der Waals surface area contributed by atoms with Gasteiger partial charge in [-0.05, 0) is 160 Å². The van der Waals surface area contributed by atoms with Crippen LogP contribution in [0.3, 0.4) is 0 Å². The predicted molar refractivity (Wildman–Crippen MR) is 231 cm³/mol. The molecular weight excluding hydrogens is 663 g/mol. The molecule has 0 aliphatic heterocycles. The Labute approximate surface area is 328 Å². The van der Waals surface area contributed by atoms with E-state index in [1.807, 2.05) is 0 Å². The Kier molecular flexibility index (Phi) is 7.34. The molecule has 0 atom stereocenters. The first-order valence-electron chi connectivity index (χ1n) is 21.2. The summed E-state index contributed by atoms with van der Waals surface area (Å²) in [6.07, 6.45) is 9.39. The van der Waals surface area contributed by atoms with E-state index in [-0.39, 0.29) is 16.2 Å². The fourth-order valence-electron chi connectivity index (χ4n) is 13.0. The second kappa shape index (κ2) is 12.1. The second-order valence-corrected chi connectivity index (χ2v) is 19.2. The fourth-order valence-corrected chi connectivity index (χ4v) is 13.0. The number of anilines is 3. The van der Waals surface area contributed by atoms with Crippen LogP contribution in [-0.4, -0.2) is 0 Å². The van der Waals surface area contributed by atoms with Crippen LogP contribution < -0.4 is 4.90 Å². The summed E-state index contributed by atoms with van der Waals surface area (Å²) in [5, 5.41) is 0. The van der Waals surface area contributed by atoms with Gasteiger partial charge in [0.2, 0.25) is 0 Å². The summed E-state index contributed by atoms with van der Waals surface area (Å²) in [5.41, 5.74) is 18.4. The van der Waals surface area contributed by atoms with Crippen LogP contribution in [0.2, 0.25) is 0 Å². The number of nitrogens with zero attached hydrogens (tertiary/aromatic N) is 1. The zero-order valence-electron chi connectivity index (χ0n) is 33.0. The van der Waals surface area contributed by atoms with Crippen molar-refractivity contribution in [3.63, 3.8) is 0 Å². The number of fused-ring (bicyclic) bond motifs is 4. The quantitative estimate of drug-likeness (QED) is 0.172. The Morgan fingerprint density at radius 1 is 0.455 bits per heavy atom. The average molecular weight is 716 g/mol. The monoisotopic (exact) mass is 715 g/mol. The van der Waals surface area contributed by atoms with Gasteiger partial charge in [0.25, 0.3) is 0 Å². The van der Waals surface area contributed by atoms with Crippen LogP contribution in [0, 0.1) is 23.7 Å². The molecule has 6 aromatic rings. The molecule has 1 spiro atoms. The van der Waals surface area contributed by atoms with Gasteiger partial charge >= 0.3 is 0 Å². The molecule has 4 fully saturated rings. The van der Waals surface area contributed by atoms with Crippen LogP contribution in [0.5, 0.6) is 0 Å². The number of benzene rings is 6. The average Bonchev–Trinajstić information content (AvgIpc) is 3.50. The summed E-state index contributed by atoms with van der Waals surface area (Å²) >= 11 is 0. The molecular formula is C54H53N. The lowest BCUT2D eigenvalue weighted by atomic mass is 9.43. The molecule has 0 heterocycles. The molecule has 6 aliphatic carbocycles. The minimum atomic E-state index is 0.0443. The van der Waals surface area contributed by atoms with E-state index in [1.54, 1.807) is 11.1 Å². The maximum Gasteiger partial charge on any atom is 0.0543 e. The van der Waals surface area contributed by atoms with Crippen molar-refractivity contribution in [3.8, 4) is 33.4 Å².